The van der Waals surface area contributed by atoms with Crippen molar-refractivity contribution in [3.05, 3.63) is 9.29 Å². The second kappa shape index (κ2) is 14.8. The molecule has 0 unspecified atom stereocenters. The summed E-state index contributed by atoms with van der Waals surface area (Å²) in [4.78, 5) is 0. The van der Waals surface area contributed by atoms with E-state index in [0.29, 0.717) is 0 Å². The molecule has 0 nitrogen and oxygen atoms in total. The Labute approximate surface area is 166 Å². The van der Waals surface area contributed by atoms with Crippen molar-refractivity contribution >= 4 is 26.5 Å². The molecule has 0 heterocycles. The zero-order chi connectivity index (χ0) is 19.2. The number of hydrogen-bond donors (Lipinski definition) is 0. The Kier molecular flexibility index (Phi) is 15.2. The molecule has 0 aliphatic carbocycles. The van der Waals surface area contributed by atoms with Gasteiger partial charge in [-0.1, -0.05) is 0 Å². The summed E-state index contributed by atoms with van der Waals surface area (Å²) in [6.07, 6.45) is 18.6. The van der Waals surface area contributed by atoms with Gasteiger partial charge in [-0.25, -0.2) is 0 Å². The maximum absolute atomic E-state index is 2.85. The van der Waals surface area contributed by atoms with Crippen molar-refractivity contribution < 1.29 is 0 Å². The van der Waals surface area contributed by atoms with E-state index in [1.54, 1.807) is 13.3 Å². The Morgan fingerprint density at radius 3 is 1.44 bits per heavy atom. The van der Waals surface area contributed by atoms with Gasteiger partial charge in [0.05, 0.1) is 0 Å². The first-order valence-electron chi connectivity index (χ1n) is 11.6. The van der Waals surface area contributed by atoms with E-state index in [2.05, 4.69) is 56.6 Å². The average Bonchev–Trinajstić information content (AvgIpc) is 2.57. The molecule has 0 saturated carbocycles. The molecule has 0 atom stereocenters. The molecule has 0 aliphatic rings. The SMILES string of the molecule is CCCCCC/C=[C](\[Si](C)(C)C)[Sn]([CH2]CCC)([CH2]CCC)[CH2]CCC. The zero-order valence-corrected chi connectivity index (χ0v) is 22.8. The van der Waals surface area contributed by atoms with Crippen LogP contribution in [0.4, 0.5) is 0 Å². The van der Waals surface area contributed by atoms with Gasteiger partial charge in [0.15, 0.2) is 0 Å². The van der Waals surface area contributed by atoms with Crippen LogP contribution in [0.15, 0.2) is 9.29 Å². The zero-order valence-electron chi connectivity index (χ0n) is 19.0. The first-order valence-corrected chi connectivity index (χ1v) is 22.6. The summed E-state index contributed by atoms with van der Waals surface area (Å²) in [5.74, 6) is 0. The Bertz CT molecular complexity index is 319. The molecule has 2 heteroatoms. The minimum atomic E-state index is -2.19. The van der Waals surface area contributed by atoms with Crippen LogP contribution in [0.2, 0.25) is 33.0 Å². The van der Waals surface area contributed by atoms with Crippen LogP contribution in [-0.4, -0.2) is 26.5 Å². The van der Waals surface area contributed by atoms with E-state index < -0.39 is 26.5 Å². The summed E-state index contributed by atoms with van der Waals surface area (Å²) in [6, 6.07) is 0. The van der Waals surface area contributed by atoms with Gasteiger partial charge >= 0.3 is 167 Å². The normalized spacial score (nSPS) is 13.5. The minimum absolute atomic E-state index is 1.19. The van der Waals surface area contributed by atoms with Crippen molar-refractivity contribution in [1.82, 2.24) is 0 Å². The van der Waals surface area contributed by atoms with E-state index in [9.17, 15) is 0 Å². The molecule has 0 rings (SSSR count). The van der Waals surface area contributed by atoms with Gasteiger partial charge in [-0.05, 0) is 0 Å². The number of rotatable bonds is 16. The van der Waals surface area contributed by atoms with Crippen molar-refractivity contribution in [3.63, 3.8) is 0 Å². The average molecular weight is 473 g/mol. The second-order valence-corrected chi connectivity index (χ2v) is 28.9. The summed E-state index contributed by atoms with van der Waals surface area (Å²) >= 11 is -2.19. The van der Waals surface area contributed by atoms with Crippen molar-refractivity contribution in [2.75, 3.05) is 0 Å². The molecule has 0 saturated heterocycles. The molecule has 0 radical (unpaired) electrons. The van der Waals surface area contributed by atoms with Gasteiger partial charge in [-0.15, -0.1) is 0 Å². The van der Waals surface area contributed by atoms with E-state index in [4.69, 9.17) is 0 Å². The predicted octanol–water partition coefficient (Wildman–Crippen LogP) is 9.15. The Hall–Kier alpha value is 0.756. The van der Waals surface area contributed by atoms with Gasteiger partial charge in [0.1, 0.15) is 0 Å². The van der Waals surface area contributed by atoms with E-state index >= 15 is 0 Å². The van der Waals surface area contributed by atoms with Crippen molar-refractivity contribution in [1.29, 1.82) is 0 Å². The third kappa shape index (κ3) is 10.6. The molecule has 25 heavy (non-hydrogen) atoms. The first-order chi connectivity index (χ1) is 11.9. The molecule has 0 bridgehead atoms. The van der Waals surface area contributed by atoms with E-state index in [-0.39, 0.29) is 0 Å². The van der Waals surface area contributed by atoms with Crippen LogP contribution in [0.3, 0.4) is 0 Å². The molecule has 0 aromatic rings. The Balaban J connectivity index is 5.54. The van der Waals surface area contributed by atoms with Gasteiger partial charge in [0.2, 0.25) is 0 Å². The number of allylic oxidation sites excluding steroid dienone is 1. The van der Waals surface area contributed by atoms with Crippen LogP contribution >= 0.6 is 0 Å². The number of unbranched alkanes of at least 4 members (excludes halogenated alkanes) is 7. The van der Waals surface area contributed by atoms with Crippen LogP contribution in [0.25, 0.3) is 0 Å². The summed E-state index contributed by atoms with van der Waals surface area (Å²) in [5.41, 5.74) is 0. The van der Waals surface area contributed by atoms with Gasteiger partial charge < -0.3 is 0 Å². The van der Waals surface area contributed by atoms with E-state index in [1.165, 1.54) is 70.6 Å². The molecule has 0 aromatic carbocycles. The molecule has 0 fully saturated rings. The fraction of sp³-hybridized carbons (Fsp3) is 0.913. The van der Waals surface area contributed by atoms with Crippen LogP contribution in [0.5, 0.6) is 0 Å². The third-order valence-corrected chi connectivity index (χ3v) is 32.7. The predicted molar refractivity (Wildman–Crippen MR) is 125 cm³/mol. The van der Waals surface area contributed by atoms with Crippen LogP contribution in [0.1, 0.15) is 98.3 Å². The molecule has 0 N–H and O–H groups in total. The second-order valence-electron chi connectivity index (χ2n) is 9.31. The molecule has 0 aromatic heterocycles. The molecule has 150 valence electrons. The topological polar surface area (TPSA) is 0 Å². The first kappa shape index (κ1) is 25.8. The molecule has 0 amide bonds. The standard InChI is InChI=1S/C11H23Si.3C4H9.Sn/c1-5-6-7-8-9-10-11-12(2,3)4;3*1-3-4-2;/h10H,5-9H2,1-4H3;3*1,3-4H2,2H3;. The van der Waals surface area contributed by atoms with E-state index in [0.717, 1.165) is 0 Å². The number of hydrogen-bond acceptors (Lipinski definition) is 0. The van der Waals surface area contributed by atoms with Crippen molar-refractivity contribution in [3.8, 4) is 0 Å². The Morgan fingerprint density at radius 2 is 1.08 bits per heavy atom. The van der Waals surface area contributed by atoms with Crippen LogP contribution in [-0.2, 0) is 0 Å². The third-order valence-electron chi connectivity index (χ3n) is 5.81. The fourth-order valence-electron chi connectivity index (χ4n) is 4.46. The van der Waals surface area contributed by atoms with Crippen molar-refractivity contribution in [2.45, 2.75) is 131 Å². The maximum atomic E-state index is 2.85. The quantitative estimate of drug-likeness (QED) is 0.155. The molecule has 0 spiro atoms. The molecular weight excluding hydrogens is 423 g/mol. The molecular formula is C23H50SiSn. The summed E-state index contributed by atoms with van der Waals surface area (Å²) in [5, 5.41) is 0. The molecule has 0 aliphatic heterocycles. The van der Waals surface area contributed by atoms with Crippen LogP contribution < -0.4 is 0 Å². The Morgan fingerprint density at radius 1 is 0.640 bits per heavy atom. The van der Waals surface area contributed by atoms with Gasteiger partial charge in [0, 0.05) is 0 Å². The summed E-state index contributed by atoms with van der Waals surface area (Å²) in [6.45, 7) is 17.5. The van der Waals surface area contributed by atoms with Gasteiger partial charge in [-0.2, -0.15) is 0 Å². The monoisotopic (exact) mass is 474 g/mol. The summed E-state index contributed by atoms with van der Waals surface area (Å²) < 4.78 is 7.09. The van der Waals surface area contributed by atoms with E-state index in [1.807, 2.05) is 0 Å². The summed E-state index contributed by atoms with van der Waals surface area (Å²) in [7, 11) is -1.19. The van der Waals surface area contributed by atoms with Gasteiger partial charge in [-0.3, -0.25) is 0 Å². The van der Waals surface area contributed by atoms with Crippen molar-refractivity contribution in [2.24, 2.45) is 0 Å². The fourth-order valence-corrected chi connectivity index (χ4v) is 37.9. The van der Waals surface area contributed by atoms with Crippen LogP contribution in [0, 0.1) is 0 Å². The van der Waals surface area contributed by atoms with Gasteiger partial charge in [0.25, 0.3) is 0 Å².